The number of sulfonamides is 1. The Kier molecular flexibility index (Phi) is 4.75. The van der Waals surface area contributed by atoms with Crippen molar-refractivity contribution < 1.29 is 18.3 Å². The molecule has 5 nitrogen and oxygen atoms in total. The van der Waals surface area contributed by atoms with Crippen LogP contribution in [0.2, 0.25) is 0 Å². The lowest BCUT2D eigenvalue weighted by atomic mass is 9.94. The molecule has 1 aliphatic rings. The van der Waals surface area contributed by atoms with E-state index in [4.69, 9.17) is 5.11 Å². The van der Waals surface area contributed by atoms with Crippen LogP contribution in [0.25, 0.3) is 0 Å². The highest BCUT2D eigenvalue weighted by molar-refractivity contribution is 9.10. The molecule has 21 heavy (non-hydrogen) atoms. The first kappa shape index (κ1) is 16.5. The van der Waals surface area contributed by atoms with E-state index in [0.29, 0.717) is 24.9 Å². The maximum Gasteiger partial charge on any atom is 0.336 e. The minimum absolute atomic E-state index is 0.0173. The highest BCUT2D eigenvalue weighted by atomic mass is 79.9. The van der Waals surface area contributed by atoms with Gasteiger partial charge in [0.1, 0.15) is 0 Å². The summed E-state index contributed by atoms with van der Waals surface area (Å²) in [5, 5.41) is 9.11. The predicted molar refractivity (Wildman–Crippen MR) is 82.8 cm³/mol. The van der Waals surface area contributed by atoms with Gasteiger partial charge in [0.25, 0.3) is 0 Å². The highest BCUT2D eigenvalue weighted by Crippen LogP contribution is 2.32. The molecule has 1 saturated heterocycles. The Bertz CT molecular complexity index is 649. The van der Waals surface area contributed by atoms with Gasteiger partial charge in [0.15, 0.2) is 0 Å². The molecular weight excluding hydrogens is 358 g/mol. The van der Waals surface area contributed by atoms with E-state index in [0.717, 1.165) is 6.42 Å². The zero-order valence-electron chi connectivity index (χ0n) is 11.9. The molecule has 1 heterocycles. The summed E-state index contributed by atoms with van der Waals surface area (Å²) < 4.78 is 27.1. The molecule has 0 amide bonds. The lowest BCUT2D eigenvalue weighted by Crippen LogP contribution is -2.42. The Balaban J connectivity index is 2.45. The van der Waals surface area contributed by atoms with Gasteiger partial charge in [-0.1, -0.05) is 19.9 Å². The summed E-state index contributed by atoms with van der Waals surface area (Å²) in [7, 11) is -3.69. The lowest BCUT2D eigenvalue weighted by Gasteiger charge is -2.34. The first-order valence-electron chi connectivity index (χ1n) is 6.75. The molecular formula is C14H18BrNO4S. The van der Waals surface area contributed by atoms with E-state index in [9.17, 15) is 13.2 Å². The van der Waals surface area contributed by atoms with E-state index in [1.165, 1.54) is 22.5 Å². The van der Waals surface area contributed by atoms with Crippen LogP contribution in [0.3, 0.4) is 0 Å². The number of hydrogen-bond donors (Lipinski definition) is 1. The monoisotopic (exact) mass is 375 g/mol. The number of halogens is 1. The molecule has 0 bridgehead atoms. The molecule has 1 aromatic rings. The van der Waals surface area contributed by atoms with E-state index in [1.807, 2.05) is 13.8 Å². The third kappa shape index (κ3) is 3.30. The smallest absolute Gasteiger partial charge is 0.336 e. The van der Waals surface area contributed by atoms with Crippen LogP contribution < -0.4 is 0 Å². The molecule has 2 rings (SSSR count). The number of piperidine rings is 1. The van der Waals surface area contributed by atoms with Crippen molar-refractivity contribution in [3.05, 3.63) is 28.2 Å². The van der Waals surface area contributed by atoms with E-state index in [1.54, 1.807) is 0 Å². The minimum Gasteiger partial charge on any atom is -0.478 e. The molecule has 0 radical (unpaired) electrons. The average Bonchev–Trinajstić information content (AvgIpc) is 2.37. The molecule has 0 aliphatic carbocycles. The van der Waals surface area contributed by atoms with Gasteiger partial charge in [-0.05, 0) is 46.3 Å². The van der Waals surface area contributed by atoms with E-state index < -0.39 is 16.0 Å². The van der Waals surface area contributed by atoms with Gasteiger partial charge in [-0.25, -0.2) is 13.2 Å². The molecule has 116 valence electrons. The number of carboxylic acid groups (broad SMARTS) is 1. The standard InChI is InChI=1S/C14H18BrNO4S/c1-9-6-10(2)8-16(7-9)21(19,20)12-5-3-4-11(13(12)15)14(17)18/h3-5,9-10H,6-8H2,1-2H3,(H,17,18). The molecule has 2 atom stereocenters. The molecule has 0 saturated carbocycles. The molecule has 7 heteroatoms. The zero-order chi connectivity index (χ0) is 15.8. The summed E-state index contributed by atoms with van der Waals surface area (Å²) in [5.74, 6) is -0.561. The van der Waals surface area contributed by atoms with Crippen LogP contribution in [0.15, 0.2) is 27.6 Å². The fourth-order valence-corrected chi connectivity index (χ4v) is 5.63. The highest BCUT2D eigenvalue weighted by Gasteiger charge is 2.33. The molecule has 1 fully saturated rings. The molecule has 0 spiro atoms. The van der Waals surface area contributed by atoms with Gasteiger partial charge in [-0.2, -0.15) is 4.31 Å². The largest absolute Gasteiger partial charge is 0.478 e. The average molecular weight is 376 g/mol. The van der Waals surface area contributed by atoms with E-state index in [2.05, 4.69) is 15.9 Å². The van der Waals surface area contributed by atoms with Crippen LogP contribution in [-0.4, -0.2) is 36.9 Å². The summed E-state index contributed by atoms with van der Waals surface area (Å²) in [6, 6.07) is 4.28. The quantitative estimate of drug-likeness (QED) is 0.880. The van der Waals surface area contributed by atoms with Gasteiger partial charge in [-0.3, -0.25) is 0 Å². The number of carboxylic acids is 1. The van der Waals surface area contributed by atoms with Crippen molar-refractivity contribution in [2.45, 2.75) is 25.2 Å². The van der Waals surface area contributed by atoms with Crippen LogP contribution in [0, 0.1) is 11.8 Å². The third-order valence-electron chi connectivity index (χ3n) is 3.65. The summed E-state index contributed by atoms with van der Waals surface area (Å²) in [6.07, 6.45) is 1.00. The lowest BCUT2D eigenvalue weighted by molar-refractivity contribution is 0.0695. The summed E-state index contributed by atoms with van der Waals surface area (Å²) in [5.41, 5.74) is -0.0471. The minimum atomic E-state index is -3.69. The Morgan fingerprint density at radius 3 is 2.38 bits per heavy atom. The van der Waals surface area contributed by atoms with Gasteiger partial charge in [0.2, 0.25) is 10.0 Å². The van der Waals surface area contributed by atoms with Crippen molar-refractivity contribution in [1.82, 2.24) is 4.31 Å². The van der Waals surface area contributed by atoms with Crippen molar-refractivity contribution >= 4 is 31.9 Å². The van der Waals surface area contributed by atoms with Crippen LogP contribution in [0.1, 0.15) is 30.6 Å². The van der Waals surface area contributed by atoms with Gasteiger partial charge in [0.05, 0.1) is 14.9 Å². The van der Waals surface area contributed by atoms with Crippen LogP contribution in [0.5, 0.6) is 0 Å². The van der Waals surface area contributed by atoms with Crippen LogP contribution in [-0.2, 0) is 10.0 Å². The Labute approximate surface area is 133 Å². The number of aromatic carboxylic acids is 1. The Morgan fingerprint density at radius 1 is 1.29 bits per heavy atom. The second kappa shape index (κ2) is 6.06. The van der Waals surface area contributed by atoms with Crippen molar-refractivity contribution in [3.63, 3.8) is 0 Å². The van der Waals surface area contributed by atoms with E-state index >= 15 is 0 Å². The fourth-order valence-electron chi connectivity index (χ4n) is 2.82. The van der Waals surface area contributed by atoms with Crippen molar-refractivity contribution in [1.29, 1.82) is 0 Å². The second-order valence-corrected chi connectivity index (χ2v) is 8.39. The van der Waals surface area contributed by atoms with Crippen LogP contribution >= 0.6 is 15.9 Å². The molecule has 0 aromatic heterocycles. The van der Waals surface area contributed by atoms with Crippen molar-refractivity contribution in [2.75, 3.05) is 13.1 Å². The first-order chi connectivity index (χ1) is 9.73. The topological polar surface area (TPSA) is 74.7 Å². The summed E-state index contributed by atoms with van der Waals surface area (Å²) in [4.78, 5) is 11.2. The normalized spacial score (nSPS) is 24.0. The number of nitrogens with zero attached hydrogens (tertiary/aromatic N) is 1. The fraction of sp³-hybridized carbons (Fsp3) is 0.500. The second-order valence-electron chi connectivity index (χ2n) is 5.69. The third-order valence-corrected chi connectivity index (χ3v) is 6.64. The van der Waals surface area contributed by atoms with Gasteiger partial charge < -0.3 is 5.11 Å². The first-order valence-corrected chi connectivity index (χ1v) is 8.98. The predicted octanol–water partition coefficient (Wildman–Crippen LogP) is 2.81. The Morgan fingerprint density at radius 2 is 1.86 bits per heavy atom. The summed E-state index contributed by atoms with van der Waals surface area (Å²) in [6.45, 7) is 4.99. The van der Waals surface area contributed by atoms with Crippen molar-refractivity contribution in [3.8, 4) is 0 Å². The van der Waals surface area contributed by atoms with Gasteiger partial charge >= 0.3 is 5.97 Å². The molecule has 1 aromatic carbocycles. The van der Waals surface area contributed by atoms with Gasteiger partial charge in [-0.15, -0.1) is 0 Å². The SMILES string of the molecule is CC1CC(C)CN(S(=O)(=O)c2cccc(C(=O)O)c2Br)C1. The number of benzene rings is 1. The van der Waals surface area contributed by atoms with Crippen LogP contribution in [0.4, 0.5) is 0 Å². The molecule has 1 aliphatic heterocycles. The molecule has 1 N–H and O–H groups in total. The summed E-state index contributed by atoms with van der Waals surface area (Å²) >= 11 is 3.13. The number of carbonyl (C=O) groups is 1. The van der Waals surface area contributed by atoms with Gasteiger partial charge in [0, 0.05) is 13.1 Å². The van der Waals surface area contributed by atoms with E-state index in [-0.39, 0.29) is 14.9 Å². The zero-order valence-corrected chi connectivity index (χ0v) is 14.3. The maximum absolute atomic E-state index is 12.8. The number of hydrogen-bond acceptors (Lipinski definition) is 3. The van der Waals surface area contributed by atoms with Crippen molar-refractivity contribution in [2.24, 2.45) is 11.8 Å². The Hall–Kier alpha value is -0.920. The molecule has 2 unspecified atom stereocenters. The maximum atomic E-state index is 12.8. The number of rotatable bonds is 3.